The number of aliphatic hydroxyl groups is 1. The standard InChI is InChI=1S/C21H17ClF2N6.C2H6O/c22-15-2-4-19(14(7-15)8-25)30-6-5-17-16(11-30)21(29-12-28-17)27-10-13-1-3-18(20(23)24)26-9-13;1-2-3/h1-4,7,9,12,20H,5-6,10-11H2,(H,27,28,29);3H,2H2,1H3. The fourth-order valence-corrected chi connectivity index (χ4v) is 3.60. The van der Waals surface area contributed by atoms with Crippen molar-refractivity contribution in [3.8, 4) is 6.07 Å². The van der Waals surface area contributed by atoms with Crippen molar-refractivity contribution in [1.82, 2.24) is 15.0 Å². The van der Waals surface area contributed by atoms with Crippen LogP contribution in [0.4, 0.5) is 20.3 Å². The average molecular weight is 473 g/mol. The van der Waals surface area contributed by atoms with Crippen LogP contribution in [0.5, 0.6) is 0 Å². The van der Waals surface area contributed by atoms with Crippen molar-refractivity contribution < 1.29 is 13.9 Å². The number of hydrogen-bond donors (Lipinski definition) is 2. The van der Waals surface area contributed by atoms with Gasteiger partial charge in [-0.2, -0.15) is 5.26 Å². The average Bonchev–Trinajstić information content (AvgIpc) is 2.83. The van der Waals surface area contributed by atoms with Crippen molar-refractivity contribution in [3.63, 3.8) is 0 Å². The van der Waals surface area contributed by atoms with E-state index in [2.05, 4.69) is 31.2 Å². The molecule has 0 spiro atoms. The van der Waals surface area contributed by atoms with E-state index in [0.29, 0.717) is 35.9 Å². The van der Waals surface area contributed by atoms with E-state index in [1.807, 2.05) is 6.07 Å². The van der Waals surface area contributed by atoms with Crippen molar-refractivity contribution in [3.05, 3.63) is 76.0 Å². The third kappa shape index (κ3) is 6.12. The molecule has 2 aromatic heterocycles. The van der Waals surface area contributed by atoms with Gasteiger partial charge >= 0.3 is 0 Å². The number of pyridine rings is 1. The van der Waals surface area contributed by atoms with E-state index >= 15 is 0 Å². The molecule has 0 atom stereocenters. The van der Waals surface area contributed by atoms with Gasteiger partial charge in [0.2, 0.25) is 0 Å². The Labute approximate surface area is 195 Å². The van der Waals surface area contributed by atoms with Gasteiger partial charge in [0.25, 0.3) is 6.43 Å². The van der Waals surface area contributed by atoms with Crippen LogP contribution in [0.2, 0.25) is 5.02 Å². The monoisotopic (exact) mass is 472 g/mol. The molecule has 1 aromatic carbocycles. The minimum atomic E-state index is -2.59. The summed E-state index contributed by atoms with van der Waals surface area (Å²) in [6, 6.07) is 10.4. The lowest BCUT2D eigenvalue weighted by Crippen LogP contribution is -2.32. The largest absolute Gasteiger partial charge is 0.397 e. The molecule has 0 aliphatic carbocycles. The third-order valence-corrected chi connectivity index (χ3v) is 5.19. The normalized spacial score (nSPS) is 12.5. The Morgan fingerprint density at radius 1 is 1.24 bits per heavy atom. The van der Waals surface area contributed by atoms with E-state index in [-0.39, 0.29) is 12.3 Å². The zero-order valence-electron chi connectivity index (χ0n) is 18.0. The number of nitrogens with one attached hydrogen (secondary N) is 1. The van der Waals surface area contributed by atoms with Gasteiger partial charge in [-0.1, -0.05) is 17.7 Å². The molecule has 0 bridgehead atoms. The molecule has 0 radical (unpaired) electrons. The fraction of sp³-hybridized carbons (Fsp3) is 0.304. The number of alkyl halides is 2. The van der Waals surface area contributed by atoms with E-state index < -0.39 is 6.43 Å². The molecule has 4 rings (SSSR count). The van der Waals surface area contributed by atoms with Gasteiger partial charge in [0.05, 0.1) is 16.9 Å². The molecule has 0 fully saturated rings. The molecular weight excluding hydrogens is 450 g/mol. The molecule has 0 amide bonds. The number of benzene rings is 1. The first-order chi connectivity index (χ1) is 16.0. The number of nitriles is 1. The summed E-state index contributed by atoms with van der Waals surface area (Å²) in [7, 11) is 0. The highest BCUT2D eigenvalue weighted by Crippen LogP contribution is 2.30. The van der Waals surface area contributed by atoms with Gasteiger partial charge in [-0.15, -0.1) is 0 Å². The fourth-order valence-electron chi connectivity index (χ4n) is 3.43. The molecule has 0 saturated heterocycles. The maximum Gasteiger partial charge on any atom is 0.280 e. The van der Waals surface area contributed by atoms with E-state index in [1.165, 1.54) is 18.6 Å². The van der Waals surface area contributed by atoms with E-state index in [9.17, 15) is 14.0 Å². The van der Waals surface area contributed by atoms with Gasteiger partial charge in [0.1, 0.15) is 23.9 Å². The first kappa shape index (κ1) is 24.3. The van der Waals surface area contributed by atoms with Gasteiger partial charge in [-0.25, -0.2) is 18.7 Å². The number of aliphatic hydroxyl groups excluding tert-OH is 1. The molecule has 0 saturated carbocycles. The van der Waals surface area contributed by atoms with E-state index in [0.717, 1.165) is 29.1 Å². The molecule has 1 aliphatic heterocycles. The summed E-state index contributed by atoms with van der Waals surface area (Å²) < 4.78 is 25.3. The van der Waals surface area contributed by atoms with Gasteiger partial charge in [-0.05, 0) is 36.8 Å². The molecule has 7 nitrogen and oxygen atoms in total. The highest BCUT2D eigenvalue weighted by molar-refractivity contribution is 6.30. The number of aromatic nitrogens is 3. The van der Waals surface area contributed by atoms with Gasteiger partial charge in [-0.3, -0.25) is 4.98 Å². The molecule has 0 unspecified atom stereocenters. The third-order valence-electron chi connectivity index (χ3n) is 4.95. The Kier molecular flexibility index (Phi) is 8.46. The Hall–Kier alpha value is -3.35. The van der Waals surface area contributed by atoms with Crippen LogP contribution in [0.1, 0.15) is 41.4 Å². The van der Waals surface area contributed by atoms with Crippen LogP contribution >= 0.6 is 11.6 Å². The lowest BCUT2D eigenvalue weighted by Gasteiger charge is -2.31. The Balaban J connectivity index is 0.000000968. The van der Waals surface area contributed by atoms with Crippen LogP contribution in [0.25, 0.3) is 0 Å². The first-order valence-corrected chi connectivity index (χ1v) is 10.7. The second-order valence-corrected chi connectivity index (χ2v) is 7.59. The number of halogens is 3. The molecular formula is C23H23ClF2N6O. The number of hydrogen-bond acceptors (Lipinski definition) is 7. The molecule has 1 aliphatic rings. The zero-order chi connectivity index (χ0) is 23.8. The second-order valence-electron chi connectivity index (χ2n) is 7.15. The molecule has 10 heteroatoms. The highest BCUT2D eigenvalue weighted by atomic mass is 35.5. The maximum absolute atomic E-state index is 12.7. The molecule has 3 heterocycles. The smallest absolute Gasteiger partial charge is 0.280 e. The first-order valence-electron chi connectivity index (χ1n) is 10.3. The summed E-state index contributed by atoms with van der Waals surface area (Å²) in [6.07, 6.45) is 1.07. The van der Waals surface area contributed by atoms with Crippen LogP contribution in [0, 0.1) is 11.3 Å². The SMILES string of the molecule is CCO.N#Cc1cc(Cl)ccc1N1CCc2ncnc(NCc3ccc(C(F)F)nc3)c2C1. The lowest BCUT2D eigenvalue weighted by atomic mass is 10.0. The minimum Gasteiger partial charge on any atom is -0.397 e. The van der Waals surface area contributed by atoms with Crippen LogP contribution in [-0.2, 0) is 19.5 Å². The van der Waals surface area contributed by atoms with Gasteiger partial charge < -0.3 is 15.3 Å². The molecule has 2 N–H and O–H groups in total. The predicted octanol–water partition coefficient (Wildman–Crippen LogP) is 4.51. The van der Waals surface area contributed by atoms with Crippen LogP contribution in [-0.4, -0.2) is 33.2 Å². The van der Waals surface area contributed by atoms with E-state index in [4.69, 9.17) is 16.7 Å². The number of rotatable bonds is 5. The summed E-state index contributed by atoms with van der Waals surface area (Å²) in [5, 5.41) is 20.8. The number of fused-ring (bicyclic) bond motifs is 1. The van der Waals surface area contributed by atoms with Crippen molar-refractivity contribution >= 4 is 23.1 Å². The Morgan fingerprint density at radius 2 is 2.03 bits per heavy atom. The molecule has 33 heavy (non-hydrogen) atoms. The van der Waals surface area contributed by atoms with E-state index in [1.54, 1.807) is 25.1 Å². The van der Waals surface area contributed by atoms with Gasteiger partial charge in [0.15, 0.2) is 0 Å². The number of nitrogens with zero attached hydrogens (tertiary/aromatic N) is 5. The summed E-state index contributed by atoms with van der Waals surface area (Å²) in [4.78, 5) is 14.6. The summed E-state index contributed by atoms with van der Waals surface area (Å²) in [5.41, 5.74) is 3.74. The maximum atomic E-state index is 12.7. The van der Waals surface area contributed by atoms with Crippen molar-refractivity contribution in [1.29, 1.82) is 5.26 Å². The van der Waals surface area contributed by atoms with Crippen LogP contribution in [0.3, 0.4) is 0 Å². The molecule has 3 aromatic rings. The topological polar surface area (TPSA) is 98.0 Å². The summed E-state index contributed by atoms with van der Waals surface area (Å²) in [6.45, 7) is 3.58. The number of anilines is 2. The summed E-state index contributed by atoms with van der Waals surface area (Å²) >= 11 is 6.02. The predicted molar refractivity (Wildman–Crippen MR) is 122 cm³/mol. The van der Waals surface area contributed by atoms with Crippen molar-refractivity contribution in [2.45, 2.75) is 32.9 Å². The lowest BCUT2D eigenvalue weighted by molar-refractivity contribution is 0.146. The highest BCUT2D eigenvalue weighted by Gasteiger charge is 2.23. The van der Waals surface area contributed by atoms with Crippen molar-refractivity contribution in [2.75, 3.05) is 23.4 Å². The Morgan fingerprint density at radius 3 is 2.70 bits per heavy atom. The molecule has 172 valence electrons. The minimum absolute atomic E-state index is 0.245. The van der Waals surface area contributed by atoms with Crippen LogP contribution < -0.4 is 10.2 Å². The van der Waals surface area contributed by atoms with Crippen molar-refractivity contribution in [2.24, 2.45) is 0 Å². The van der Waals surface area contributed by atoms with Gasteiger partial charge in [0, 0.05) is 49.4 Å². The second kappa shape index (κ2) is 11.5. The quantitative estimate of drug-likeness (QED) is 0.563. The summed E-state index contributed by atoms with van der Waals surface area (Å²) in [5.74, 6) is 0.676. The zero-order valence-corrected chi connectivity index (χ0v) is 18.7. The van der Waals surface area contributed by atoms with Crippen LogP contribution in [0.15, 0.2) is 42.9 Å². The Bertz CT molecular complexity index is 1120.